The maximum Gasteiger partial charge on any atom is 0.239 e. The standard InChI is InChI=1S/C7H7N5O2S.C5H5ClN2O2S.C3H4N2/c8-15(13,14)6-1-2-7(10-3-6)12-5-9-4-11-12;6-5-2-1-4(3-8-5)11(7,9)10;1-2-5-3-4-1/h1-5H,(H2,8,13,14);1-3H,(H2,7,9,10);1-3H,(H,4,5). The minimum atomic E-state index is -3.70. The molecule has 164 valence electrons. The van der Waals surface area contributed by atoms with Crippen molar-refractivity contribution in [1.82, 2.24) is 34.7 Å². The molecule has 31 heavy (non-hydrogen) atoms. The van der Waals surface area contributed by atoms with Crippen molar-refractivity contribution in [3.63, 3.8) is 0 Å². The first-order valence-electron chi connectivity index (χ1n) is 7.98. The molecule has 4 heterocycles. The van der Waals surface area contributed by atoms with Gasteiger partial charge in [0.15, 0.2) is 5.82 Å². The van der Waals surface area contributed by atoms with Crippen LogP contribution in [0.25, 0.3) is 5.82 Å². The normalized spacial score (nSPS) is 10.9. The Morgan fingerprint density at radius 1 is 0.903 bits per heavy atom. The summed E-state index contributed by atoms with van der Waals surface area (Å²) in [7, 11) is -7.34. The number of aromatic nitrogens is 7. The molecule has 0 aromatic carbocycles. The zero-order valence-corrected chi connectivity index (χ0v) is 17.9. The first-order valence-corrected chi connectivity index (χ1v) is 11.5. The lowest BCUT2D eigenvalue weighted by molar-refractivity contribution is 0.595. The van der Waals surface area contributed by atoms with E-state index in [1.807, 2.05) is 0 Å². The minimum Gasteiger partial charge on any atom is -0.351 e. The highest BCUT2D eigenvalue weighted by Gasteiger charge is 2.08. The Bertz CT molecular complexity index is 1240. The molecule has 0 spiro atoms. The van der Waals surface area contributed by atoms with Gasteiger partial charge >= 0.3 is 0 Å². The predicted molar refractivity (Wildman–Crippen MR) is 110 cm³/mol. The second kappa shape index (κ2) is 10.7. The summed E-state index contributed by atoms with van der Waals surface area (Å²) >= 11 is 5.42. The van der Waals surface area contributed by atoms with Crippen LogP contribution >= 0.6 is 11.6 Å². The van der Waals surface area contributed by atoms with Gasteiger partial charge in [0.1, 0.15) is 27.6 Å². The summed E-state index contributed by atoms with van der Waals surface area (Å²) in [5.41, 5.74) is 0. The van der Waals surface area contributed by atoms with Gasteiger partial charge in [-0.25, -0.2) is 51.7 Å². The number of hydrogen-bond acceptors (Lipinski definition) is 9. The Labute approximate surface area is 182 Å². The van der Waals surface area contributed by atoms with E-state index in [1.165, 1.54) is 47.8 Å². The maximum atomic E-state index is 10.9. The van der Waals surface area contributed by atoms with Crippen molar-refractivity contribution in [1.29, 1.82) is 0 Å². The number of pyridine rings is 2. The largest absolute Gasteiger partial charge is 0.351 e. The van der Waals surface area contributed by atoms with Crippen LogP contribution in [0.3, 0.4) is 0 Å². The molecule has 4 aromatic rings. The van der Waals surface area contributed by atoms with E-state index in [1.54, 1.807) is 18.7 Å². The number of imidazole rings is 1. The molecule has 0 atom stereocenters. The molecule has 0 saturated carbocycles. The third-order valence-corrected chi connectivity index (χ3v) is 5.16. The van der Waals surface area contributed by atoms with E-state index < -0.39 is 20.0 Å². The van der Waals surface area contributed by atoms with Crippen molar-refractivity contribution in [2.24, 2.45) is 10.3 Å². The van der Waals surface area contributed by atoms with Gasteiger partial charge in [0.2, 0.25) is 20.0 Å². The van der Waals surface area contributed by atoms with Gasteiger partial charge in [-0.2, -0.15) is 5.10 Å². The second-order valence-electron chi connectivity index (χ2n) is 5.36. The van der Waals surface area contributed by atoms with Crippen molar-refractivity contribution in [3.8, 4) is 5.82 Å². The molecule has 0 bridgehead atoms. The molecule has 0 aliphatic carbocycles. The molecule has 0 unspecified atom stereocenters. The number of H-pyrrole nitrogens is 1. The number of rotatable bonds is 3. The zero-order chi connectivity index (χ0) is 22.9. The topological polar surface area (TPSA) is 205 Å². The zero-order valence-electron chi connectivity index (χ0n) is 15.5. The van der Waals surface area contributed by atoms with Gasteiger partial charge in [-0.3, -0.25) is 0 Å². The van der Waals surface area contributed by atoms with E-state index in [2.05, 4.69) is 30.0 Å². The highest BCUT2D eigenvalue weighted by molar-refractivity contribution is 7.89. The van der Waals surface area contributed by atoms with E-state index in [0.717, 1.165) is 6.20 Å². The van der Waals surface area contributed by atoms with E-state index in [0.29, 0.717) is 5.82 Å². The molecule has 0 amide bonds. The monoisotopic (exact) mass is 485 g/mol. The molecule has 0 saturated heterocycles. The van der Waals surface area contributed by atoms with Gasteiger partial charge in [-0.1, -0.05) is 11.6 Å². The van der Waals surface area contributed by atoms with E-state index in [4.69, 9.17) is 21.9 Å². The molecule has 13 nitrogen and oxygen atoms in total. The van der Waals surface area contributed by atoms with Crippen molar-refractivity contribution >= 4 is 31.6 Å². The average Bonchev–Trinajstić information content (AvgIpc) is 3.44. The lowest BCUT2D eigenvalue weighted by atomic mass is 10.5. The number of nitrogens with two attached hydrogens (primary N) is 2. The Hall–Kier alpha value is -3.24. The molecular formula is C15H16ClN9O4S2. The summed E-state index contributed by atoms with van der Waals surface area (Å²) in [6.07, 6.45) is 10.2. The number of nitrogens with one attached hydrogen (secondary N) is 1. The van der Waals surface area contributed by atoms with Crippen LogP contribution in [0.4, 0.5) is 0 Å². The number of hydrogen-bond donors (Lipinski definition) is 3. The number of sulfonamides is 2. The van der Waals surface area contributed by atoms with Gasteiger partial charge in [-0.05, 0) is 24.3 Å². The second-order valence-corrected chi connectivity index (χ2v) is 8.87. The summed E-state index contributed by atoms with van der Waals surface area (Å²) in [6.45, 7) is 0. The van der Waals surface area contributed by atoms with Gasteiger partial charge in [-0.15, -0.1) is 0 Å². The third-order valence-electron chi connectivity index (χ3n) is 3.14. The minimum absolute atomic E-state index is 0.0358. The molecule has 4 aromatic heterocycles. The van der Waals surface area contributed by atoms with Crippen molar-refractivity contribution in [2.45, 2.75) is 9.79 Å². The van der Waals surface area contributed by atoms with Crippen molar-refractivity contribution in [2.75, 3.05) is 0 Å². The molecule has 16 heteroatoms. The lowest BCUT2D eigenvalue weighted by Crippen LogP contribution is -2.12. The highest BCUT2D eigenvalue weighted by Crippen LogP contribution is 2.08. The molecule has 0 aliphatic heterocycles. The van der Waals surface area contributed by atoms with Crippen molar-refractivity contribution in [3.05, 3.63) is 73.2 Å². The van der Waals surface area contributed by atoms with E-state index >= 15 is 0 Å². The van der Waals surface area contributed by atoms with Crippen molar-refractivity contribution < 1.29 is 16.8 Å². The molecular weight excluding hydrogens is 470 g/mol. The van der Waals surface area contributed by atoms with Crippen LogP contribution in [0.2, 0.25) is 5.15 Å². The van der Waals surface area contributed by atoms with Crippen LogP contribution in [0.5, 0.6) is 0 Å². The SMILES string of the molecule is NS(=O)(=O)c1ccc(-n2cncn2)nc1.NS(=O)(=O)c1ccc(Cl)nc1.c1c[nH]cn1. The van der Waals surface area contributed by atoms with Crippen LogP contribution in [0.1, 0.15) is 0 Å². The van der Waals surface area contributed by atoms with Crippen LogP contribution in [-0.4, -0.2) is 51.5 Å². The fourth-order valence-electron chi connectivity index (χ4n) is 1.75. The van der Waals surface area contributed by atoms with Gasteiger partial charge in [0.25, 0.3) is 0 Å². The quantitative estimate of drug-likeness (QED) is 0.336. The third kappa shape index (κ3) is 8.19. The summed E-state index contributed by atoms with van der Waals surface area (Å²) < 4.78 is 44.6. The van der Waals surface area contributed by atoms with E-state index in [9.17, 15) is 16.8 Å². The summed E-state index contributed by atoms with van der Waals surface area (Å²) in [5, 5.41) is 13.8. The first-order chi connectivity index (χ1) is 14.6. The molecule has 5 N–H and O–H groups in total. The molecule has 0 aliphatic rings. The van der Waals surface area contributed by atoms with E-state index in [-0.39, 0.29) is 14.9 Å². The average molecular weight is 486 g/mol. The Kier molecular flexibility index (Phi) is 8.29. The summed E-state index contributed by atoms with van der Waals surface area (Å²) in [4.78, 5) is 17.5. The van der Waals surface area contributed by atoms with Crippen LogP contribution in [0, 0.1) is 0 Å². The first kappa shape index (κ1) is 24.0. The lowest BCUT2D eigenvalue weighted by Gasteiger charge is -2.00. The van der Waals surface area contributed by atoms with Gasteiger partial charge in [0.05, 0.1) is 6.33 Å². The number of nitrogens with zero attached hydrogens (tertiary/aromatic N) is 6. The van der Waals surface area contributed by atoms with Gasteiger partial charge in [0, 0.05) is 24.8 Å². The molecule has 4 rings (SSSR count). The maximum absolute atomic E-state index is 10.9. The fraction of sp³-hybridized carbons (Fsp3) is 0. The smallest absolute Gasteiger partial charge is 0.239 e. The fourth-order valence-corrected chi connectivity index (χ4v) is 2.78. The van der Waals surface area contributed by atoms with Gasteiger partial charge < -0.3 is 4.98 Å². The van der Waals surface area contributed by atoms with Crippen LogP contribution < -0.4 is 10.3 Å². The Morgan fingerprint density at radius 2 is 1.55 bits per heavy atom. The Morgan fingerprint density at radius 3 is 1.90 bits per heavy atom. The summed E-state index contributed by atoms with van der Waals surface area (Å²) in [5.74, 6) is 0.472. The summed E-state index contributed by atoms with van der Waals surface area (Å²) in [6, 6.07) is 5.51. The number of primary sulfonamides is 2. The predicted octanol–water partition coefficient (Wildman–Crippen LogP) is 0.102. The molecule has 0 fully saturated rings. The number of halogens is 1. The molecule has 0 radical (unpaired) electrons. The Balaban J connectivity index is 0.000000186. The highest BCUT2D eigenvalue weighted by atomic mass is 35.5. The van der Waals surface area contributed by atoms with Crippen LogP contribution in [-0.2, 0) is 20.0 Å². The van der Waals surface area contributed by atoms with Crippen LogP contribution in [0.15, 0.2) is 77.8 Å². The number of aromatic amines is 1.